The van der Waals surface area contributed by atoms with Gasteiger partial charge in [0.15, 0.2) is 6.10 Å². The van der Waals surface area contributed by atoms with Crippen LogP contribution in [0.2, 0.25) is 0 Å². The minimum Gasteiger partial charge on any atom is -0.479 e. The third-order valence-corrected chi connectivity index (χ3v) is 2.31. The number of alkyl carbamates (subject to hydrolysis) is 1. The molecule has 2 atom stereocenters. The molecular formula is C13H17FN2O5. The number of carbonyl (C=O) groups excluding carboxylic acids is 1. The summed E-state index contributed by atoms with van der Waals surface area (Å²) in [6.45, 7) is 4.89. The van der Waals surface area contributed by atoms with Gasteiger partial charge in [-0.3, -0.25) is 4.98 Å². The maximum Gasteiger partial charge on any atom is 0.408 e. The monoisotopic (exact) mass is 300 g/mol. The molecule has 1 amide bonds. The third kappa shape index (κ3) is 5.35. The van der Waals surface area contributed by atoms with Crippen molar-refractivity contribution in [2.24, 2.45) is 0 Å². The number of ether oxygens (including phenoxy) is 1. The quantitative estimate of drug-likeness (QED) is 0.771. The van der Waals surface area contributed by atoms with E-state index >= 15 is 0 Å². The van der Waals surface area contributed by atoms with Crippen LogP contribution in [0.25, 0.3) is 0 Å². The van der Waals surface area contributed by atoms with Gasteiger partial charge in [-0.1, -0.05) is 0 Å². The van der Waals surface area contributed by atoms with Crippen molar-refractivity contribution in [2.75, 3.05) is 0 Å². The molecule has 1 heterocycles. The molecule has 0 fully saturated rings. The molecule has 0 aliphatic heterocycles. The fraction of sp³-hybridized carbons (Fsp3) is 0.462. The Kier molecular flexibility index (Phi) is 5.20. The molecular weight excluding hydrogens is 283 g/mol. The summed E-state index contributed by atoms with van der Waals surface area (Å²) < 4.78 is 17.8. The van der Waals surface area contributed by atoms with Crippen molar-refractivity contribution in [3.05, 3.63) is 29.8 Å². The Labute approximate surface area is 120 Å². The number of hydrogen-bond donors (Lipinski definition) is 3. The van der Waals surface area contributed by atoms with E-state index in [0.717, 1.165) is 12.3 Å². The van der Waals surface area contributed by atoms with Crippen LogP contribution in [-0.2, 0) is 9.53 Å². The summed E-state index contributed by atoms with van der Waals surface area (Å²) in [6.07, 6.45) is -2.01. The van der Waals surface area contributed by atoms with Gasteiger partial charge in [0.2, 0.25) is 0 Å². The van der Waals surface area contributed by atoms with Crippen LogP contribution >= 0.6 is 0 Å². The topological polar surface area (TPSA) is 109 Å². The average Bonchev–Trinajstić information content (AvgIpc) is 2.34. The zero-order chi connectivity index (χ0) is 16.2. The number of nitrogens with zero attached hydrogens (tertiary/aromatic N) is 1. The second kappa shape index (κ2) is 6.49. The van der Waals surface area contributed by atoms with Crippen molar-refractivity contribution >= 4 is 12.1 Å². The number of aromatic nitrogens is 1. The molecule has 0 radical (unpaired) electrons. The molecule has 0 unspecified atom stereocenters. The smallest absolute Gasteiger partial charge is 0.408 e. The summed E-state index contributed by atoms with van der Waals surface area (Å²) in [6, 6.07) is 0.849. The summed E-state index contributed by atoms with van der Waals surface area (Å²) in [5.74, 6) is -2.18. The second-order valence-corrected chi connectivity index (χ2v) is 5.31. The molecule has 3 N–H and O–H groups in total. The number of carbonyl (C=O) groups is 2. The molecule has 8 heteroatoms. The zero-order valence-electron chi connectivity index (χ0n) is 11.8. The molecule has 0 aliphatic carbocycles. The van der Waals surface area contributed by atoms with Gasteiger partial charge in [-0.2, -0.15) is 0 Å². The van der Waals surface area contributed by atoms with Crippen molar-refractivity contribution < 1.29 is 28.9 Å². The highest BCUT2D eigenvalue weighted by molar-refractivity contribution is 5.75. The van der Waals surface area contributed by atoms with Crippen LogP contribution in [0.3, 0.4) is 0 Å². The minimum atomic E-state index is -1.95. The lowest BCUT2D eigenvalue weighted by Gasteiger charge is -2.24. The van der Waals surface area contributed by atoms with E-state index in [4.69, 9.17) is 9.84 Å². The Hall–Kier alpha value is -2.22. The molecule has 0 aliphatic rings. The van der Waals surface area contributed by atoms with Gasteiger partial charge >= 0.3 is 12.1 Å². The number of carboxylic acids is 1. The van der Waals surface area contributed by atoms with Gasteiger partial charge in [0.25, 0.3) is 0 Å². The molecule has 0 aromatic carbocycles. The van der Waals surface area contributed by atoms with Crippen molar-refractivity contribution in [3.63, 3.8) is 0 Å². The van der Waals surface area contributed by atoms with E-state index in [-0.39, 0.29) is 5.69 Å². The summed E-state index contributed by atoms with van der Waals surface area (Å²) in [7, 11) is 0. The molecule has 1 aromatic heterocycles. The largest absolute Gasteiger partial charge is 0.479 e. The predicted molar refractivity (Wildman–Crippen MR) is 69.9 cm³/mol. The SMILES string of the molecule is CC(C)(C)OC(=O)N[C@@H](c1ccc(F)cn1)[C@@H](O)C(=O)O. The number of halogens is 1. The normalized spacial score (nSPS) is 14.1. The van der Waals surface area contributed by atoms with Gasteiger partial charge < -0.3 is 20.3 Å². The Balaban J connectivity index is 2.95. The number of amides is 1. The first-order chi connectivity index (χ1) is 9.60. The second-order valence-electron chi connectivity index (χ2n) is 5.31. The summed E-state index contributed by atoms with van der Waals surface area (Å²) >= 11 is 0. The number of aliphatic hydroxyl groups is 1. The van der Waals surface area contributed by atoms with Crippen molar-refractivity contribution in [3.8, 4) is 0 Å². The fourth-order valence-electron chi connectivity index (χ4n) is 1.46. The van der Waals surface area contributed by atoms with Gasteiger partial charge in [0.1, 0.15) is 17.5 Å². The molecule has 0 saturated heterocycles. The number of carboxylic acid groups (broad SMARTS) is 1. The predicted octanol–water partition coefficient (Wildman–Crippen LogP) is 1.23. The van der Waals surface area contributed by atoms with Crippen LogP contribution in [-0.4, -0.2) is 39.0 Å². The van der Waals surface area contributed by atoms with Gasteiger partial charge in [-0.15, -0.1) is 0 Å². The van der Waals surface area contributed by atoms with E-state index < -0.39 is 35.6 Å². The van der Waals surface area contributed by atoms with Crippen molar-refractivity contribution in [2.45, 2.75) is 38.5 Å². The Morgan fingerprint density at radius 3 is 2.43 bits per heavy atom. The molecule has 0 spiro atoms. The first-order valence-corrected chi connectivity index (χ1v) is 6.12. The lowest BCUT2D eigenvalue weighted by Crippen LogP contribution is -2.42. The van der Waals surface area contributed by atoms with E-state index in [1.807, 2.05) is 0 Å². The number of nitrogens with one attached hydrogen (secondary N) is 1. The van der Waals surface area contributed by atoms with E-state index in [2.05, 4.69) is 10.3 Å². The highest BCUT2D eigenvalue weighted by Crippen LogP contribution is 2.17. The molecule has 0 bridgehead atoms. The molecule has 0 saturated carbocycles. The van der Waals surface area contributed by atoms with Gasteiger partial charge in [-0.05, 0) is 32.9 Å². The van der Waals surface area contributed by atoms with E-state index in [1.165, 1.54) is 6.07 Å². The van der Waals surface area contributed by atoms with Gasteiger partial charge in [0.05, 0.1) is 11.9 Å². The maximum absolute atomic E-state index is 12.8. The number of rotatable bonds is 4. The molecule has 1 aromatic rings. The minimum absolute atomic E-state index is 0.00263. The van der Waals surface area contributed by atoms with Crippen LogP contribution in [0.4, 0.5) is 9.18 Å². The Bertz CT molecular complexity index is 512. The Morgan fingerprint density at radius 1 is 1.38 bits per heavy atom. The average molecular weight is 300 g/mol. The standard InChI is InChI=1S/C13H17FN2O5/c1-13(2,3)21-12(20)16-9(10(17)11(18)19)8-5-4-7(14)6-15-8/h4-6,9-10,17H,1-3H3,(H,16,20)(H,18,19)/t9-,10+/m0/s1. The first-order valence-electron chi connectivity index (χ1n) is 6.12. The summed E-state index contributed by atoms with van der Waals surface area (Å²) in [5, 5.41) is 20.7. The number of pyridine rings is 1. The Morgan fingerprint density at radius 2 is 2.00 bits per heavy atom. The number of hydrogen-bond acceptors (Lipinski definition) is 5. The van der Waals surface area contributed by atoms with Gasteiger partial charge in [-0.25, -0.2) is 14.0 Å². The lowest BCUT2D eigenvalue weighted by molar-refractivity contribution is -0.148. The summed E-state index contributed by atoms with van der Waals surface area (Å²) in [5.41, 5.74) is -0.795. The number of aliphatic hydroxyl groups excluding tert-OH is 1. The summed E-state index contributed by atoms with van der Waals surface area (Å²) in [4.78, 5) is 26.3. The van der Waals surface area contributed by atoms with Crippen molar-refractivity contribution in [1.82, 2.24) is 10.3 Å². The highest BCUT2D eigenvalue weighted by Gasteiger charge is 2.31. The first kappa shape index (κ1) is 16.8. The molecule has 21 heavy (non-hydrogen) atoms. The van der Waals surface area contributed by atoms with Crippen LogP contribution in [0, 0.1) is 5.82 Å². The van der Waals surface area contributed by atoms with Crippen LogP contribution in [0.15, 0.2) is 18.3 Å². The fourth-order valence-corrected chi connectivity index (χ4v) is 1.46. The van der Waals surface area contributed by atoms with Crippen LogP contribution in [0.1, 0.15) is 32.5 Å². The third-order valence-electron chi connectivity index (χ3n) is 2.31. The van der Waals surface area contributed by atoms with E-state index in [0.29, 0.717) is 0 Å². The van der Waals surface area contributed by atoms with E-state index in [1.54, 1.807) is 20.8 Å². The highest BCUT2D eigenvalue weighted by atomic mass is 19.1. The molecule has 1 rings (SSSR count). The van der Waals surface area contributed by atoms with Crippen LogP contribution < -0.4 is 5.32 Å². The number of aliphatic carboxylic acids is 1. The molecule has 7 nitrogen and oxygen atoms in total. The maximum atomic E-state index is 12.8. The van der Waals surface area contributed by atoms with Crippen LogP contribution in [0.5, 0.6) is 0 Å². The van der Waals surface area contributed by atoms with E-state index in [9.17, 15) is 19.1 Å². The van der Waals surface area contributed by atoms with Gasteiger partial charge in [0, 0.05) is 0 Å². The van der Waals surface area contributed by atoms with Crippen molar-refractivity contribution in [1.29, 1.82) is 0 Å². The molecule has 116 valence electrons. The lowest BCUT2D eigenvalue weighted by atomic mass is 10.1. The zero-order valence-corrected chi connectivity index (χ0v) is 11.8.